The van der Waals surface area contributed by atoms with Crippen molar-refractivity contribution >= 4 is 50.2 Å². The van der Waals surface area contributed by atoms with Gasteiger partial charge in [0, 0.05) is 59.8 Å². The van der Waals surface area contributed by atoms with Gasteiger partial charge in [-0.15, -0.1) is 11.3 Å². The molecule has 2 aromatic carbocycles. The third kappa shape index (κ3) is 5.33. The van der Waals surface area contributed by atoms with Gasteiger partial charge in [0.25, 0.3) is 0 Å². The number of nitrogens with one attached hydrogen (secondary N) is 1. The van der Waals surface area contributed by atoms with Gasteiger partial charge in [-0.2, -0.15) is 5.10 Å². The summed E-state index contributed by atoms with van der Waals surface area (Å²) in [6.45, 7) is 8.66. The quantitative estimate of drug-likeness (QED) is 0.221. The number of hydrogen-bond acceptors (Lipinski definition) is 8. The minimum Gasteiger partial charge on any atom is -0.466 e. The molecule has 0 atom stereocenters. The zero-order valence-corrected chi connectivity index (χ0v) is 26.3. The molecule has 8 nitrogen and oxygen atoms in total. The van der Waals surface area contributed by atoms with Crippen LogP contribution in [0.3, 0.4) is 0 Å². The zero-order chi connectivity index (χ0) is 29.7. The SMILES string of the molecule is CCOC(=O)Cc1c(C)cc2nc(-c3cnc4c(c3)c(C3CCN(C5CNC5)CC3)nn4C)sc2c1-c1ccc(Cl)cc1. The molecule has 0 saturated carbocycles. The predicted octanol–water partition coefficient (Wildman–Crippen LogP) is 6.13. The molecule has 43 heavy (non-hydrogen) atoms. The van der Waals surface area contributed by atoms with Crippen LogP contribution in [0.25, 0.3) is 42.9 Å². The molecule has 7 rings (SSSR count). The van der Waals surface area contributed by atoms with E-state index in [1.54, 1.807) is 11.3 Å². The van der Waals surface area contributed by atoms with Crippen LogP contribution in [0.2, 0.25) is 5.02 Å². The lowest BCUT2D eigenvalue weighted by molar-refractivity contribution is -0.142. The lowest BCUT2D eigenvalue weighted by Crippen LogP contribution is -2.58. The summed E-state index contributed by atoms with van der Waals surface area (Å²) in [6.07, 6.45) is 4.33. The Labute approximate surface area is 260 Å². The first-order chi connectivity index (χ1) is 20.9. The number of thiazole rings is 1. The number of halogens is 1. The molecule has 0 unspecified atom stereocenters. The molecule has 2 aliphatic rings. The number of piperidine rings is 1. The first kappa shape index (κ1) is 28.4. The van der Waals surface area contributed by atoms with Crippen LogP contribution in [0, 0.1) is 6.92 Å². The fourth-order valence-corrected chi connectivity index (χ4v) is 7.76. The monoisotopic (exact) mass is 614 g/mol. The van der Waals surface area contributed by atoms with E-state index < -0.39 is 0 Å². The number of aryl methyl sites for hydroxylation is 2. The minimum atomic E-state index is -0.237. The highest BCUT2D eigenvalue weighted by atomic mass is 35.5. The lowest BCUT2D eigenvalue weighted by atomic mass is 9.90. The molecule has 10 heteroatoms. The average Bonchev–Trinajstić information content (AvgIpc) is 3.54. The van der Waals surface area contributed by atoms with Crippen molar-refractivity contribution in [2.45, 2.75) is 45.1 Å². The van der Waals surface area contributed by atoms with E-state index >= 15 is 0 Å². The number of ether oxygens (including phenoxy) is 1. The molecule has 5 aromatic rings. The number of pyridine rings is 1. The zero-order valence-electron chi connectivity index (χ0n) is 24.7. The Balaban J connectivity index is 1.29. The number of esters is 1. The van der Waals surface area contributed by atoms with Crippen molar-refractivity contribution in [1.82, 2.24) is 30.0 Å². The van der Waals surface area contributed by atoms with Crippen molar-refractivity contribution < 1.29 is 9.53 Å². The fourth-order valence-electron chi connectivity index (χ4n) is 6.52. The average molecular weight is 615 g/mol. The maximum atomic E-state index is 12.6. The molecule has 3 aromatic heterocycles. The second-order valence-electron chi connectivity index (χ2n) is 11.6. The van der Waals surface area contributed by atoms with Crippen molar-refractivity contribution in [3.8, 4) is 21.7 Å². The summed E-state index contributed by atoms with van der Waals surface area (Å²) in [5, 5.41) is 11.0. The molecule has 0 bridgehead atoms. The van der Waals surface area contributed by atoms with E-state index in [0.717, 1.165) is 98.8 Å². The van der Waals surface area contributed by atoms with Crippen LogP contribution in [0.4, 0.5) is 0 Å². The largest absolute Gasteiger partial charge is 0.466 e. The van der Waals surface area contributed by atoms with Gasteiger partial charge in [0.2, 0.25) is 0 Å². The first-order valence-corrected chi connectivity index (χ1v) is 16.2. The molecule has 0 aliphatic carbocycles. The maximum Gasteiger partial charge on any atom is 0.310 e. The number of carbonyl (C=O) groups excluding carboxylic acids is 1. The number of aromatic nitrogens is 4. The van der Waals surface area contributed by atoms with Gasteiger partial charge in [0.1, 0.15) is 5.01 Å². The van der Waals surface area contributed by atoms with Gasteiger partial charge in [0.05, 0.1) is 28.9 Å². The van der Waals surface area contributed by atoms with E-state index in [-0.39, 0.29) is 12.4 Å². The smallest absolute Gasteiger partial charge is 0.310 e. The third-order valence-electron chi connectivity index (χ3n) is 8.92. The summed E-state index contributed by atoms with van der Waals surface area (Å²) in [6, 6.07) is 12.8. The molecule has 1 N–H and O–H groups in total. The molecular weight excluding hydrogens is 580 g/mol. The van der Waals surface area contributed by atoms with Crippen molar-refractivity contribution in [1.29, 1.82) is 0 Å². The van der Waals surface area contributed by atoms with Gasteiger partial charge >= 0.3 is 5.97 Å². The topological polar surface area (TPSA) is 85.2 Å². The number of nitrogens with zero attached hydrogens (tertiary/aromatic N) is 5. The number of carbonyl (C=O) groups is 1. The summed E-state index contributed by atoms with van der Waals surface area (Å²) >= 11 is 7.88. The summed E-state index contributed by atoms with van der Waals surface area (Å²) in [5.74, 6) is 0.184. The van der Waals surface area contributed by atoms with E-state index in [1.165, 1.54) is 0 Å². The molecular formula is C33H35ClN6O2S. The molecule has 222 valence electrons. The van der Waals surface area contributed by atoms with Gasteiger partial charge in [-0.05, 0) is 80.7 Å². The molecule has 0 spiro atoms. The number of fused-ring (bicyclic) bond motifs is 2. The molecule has 2 fully saturated rings. The molecule has 2 saturated heterocycles. The second-order valence-corrected chi connectivity index (χ2v) is 13.1. The third-order valence-corrected chi connectivity index (χ3v) is 10.3. The lowest BCUT2D eigenvalue weighted by Gasteiger charge is -2.42. The highest BCUT2D eigenvalue weighted by Gasteiger charge is 2.31. The standard InChI is InChI=1S/C33H35ClN6O2S/c1-4-42-28(41)15-25-19(2)13-27-31(29(25)20-5-7-23(34)8-6-20)43-33(37-27)22-14-26-30(38-39(3)32(26)36-16-22)21-9-11-40(12-10-21)24-17-35-18-24/h5-8,13-14,16,21,24,35H,4,9-12,15,17-18H2,1-3H3. The number of likely N-dealkylation sites (tertiary alicyclic amines) is 1. The van der Waals surface area contributed by atoms with E-state index in [1.807, 2.05) is 56.0 Å². The van der Waals surface area contributed by atoms with Crippen LogP contribution in [0.1, 0.15) is 42.5 Å². The fraction of sp³-hybridized carbons (Fsp3) is 0.394. The van der Waals surface area contributed by atoms with Crippen molar-refractivity contribution in [3.63, 3.8) is 0 Å². The van der Waals surface area contributed by atoms with Gasteiger partial charge < -0.3 is 10.1 Å². The Bertz CT molecular complexity index is 1820. The van der Waals surface area contributed by atoms with E-state index in [4.69, 9.17) is 31.4 Å². The van der Waals surface area contributed by atoms with Crippen LogP contribution >= 0.6 is 22.9 Å². The summed E-state index contributed by atoms with van der Waals surface area (Å²) in [4.78, 5) is 25.2. The van der Waals surface area contributed by atoms with Crippen LogP contribution in [0.5, 0.6) is 0 Å². The number of hydrogen-bond donors (Lipinski definition) is 1. The molecule has 5 heterocycles. The first-order valence-electron chi connectivity index (χ1n) is 15.0. The predicted molar refractivity (Wildman–Crippen MR) is 173 cm³/mol. The van der Waals surface area contributed by atoms with Crippen LogP contribution < -0.4 is 5.32 Å². The normalized spacial score (nSPS) is 16.7. The summed E-state index contributed by atoms with van der Waals surface area (Å²) < 4.78 is 8.28. The highest BCUT2D eigenvalue weighted by Crippen LogP contribution is 2.42. The Kier molecular flexibility index (Phi) is 7.67. The van der Waals surface area contributed by atoms with Gasteiger partial charge in [-0.25, -0.2) is 9.97 Å². The Hall–Kier alpha value is -3.37. The molecule has 0 radical (unpaired) electrons. The summed E-state index contributed by atoms with van der Waals surface area (Å²) in [5.41, 5.74) is 7.90. The Morgan fingerprint density at radius 2 is 1.91 bits per heavy atom. The maximum absolute atomic E-state index is 12.6. The van der Waals surface area contributed by atoms with E-state index in [9.17, 15) is 4.79 Å². The van der Waals surface area contributed by atoms with Crippen molar-refractivity contribution in [2.75, 3.05) is 32.8 Å². The Morgan fingerprint density at radius 3 is 2.60 bits per heavy atom. The van der Waals surface area contributed by atoms with Crippen LogP contribution in [0.15, 0.2) is 42.6 Å². The van der Waals surface area contributed by atoms with Crippen molar-refractivity contribution in [2.24, 2.45) is 7.05 Å². The van der Waals surface area contributed by atoms with Crippen LogP contribution in [-0.2, 0) is 23.0 Å². The Morgan fingerprint density at radius 1 is 1.14 bits per heavy atom. The summed E-state index contributed by atoms with van der Waals surface area (Å²) in [7, 11) is 1.98. The number of benzene rings is 2. The molecule has 0 amide bonds. The van der Waals surface area contributed by atoms with Crippen molar-refractivity contribution in [3.05, 3.63) is 64.4 Å². The second kappa shape index (κ2) is 11.6. The van der Waals surface area contributed by atoms with Crippen LogP contribution in [-0.4, -0.2) is 69.4 Å². The van der Waals surface area contributed by atoms with Gasteiger partial charge in [0.15, 0.2) is 5.65 Å². The van der Waals surface area contributed by atoms with Gasteiger partial charge in [-0.3, -0.25) is 14.4 Å². The van der Waals surface area contributed by atoms with E-state index in [0.29, 0.717) is 23.6 Å². The molecule has 2 aliphatic heterocycles. The van der Waals surface area contributed by atoms with E-state index in [2.05, 4.69) is 22.3 Å². The number of rotatable bonds is 7. The highest BCUT2D eigenvalue weighted by molar-refractivity contribution is 7.22. The minimum absolute atomic E-state index is 0.198. The van der Waals surface area contributed by atoms with Gasteiger partial charge in [-0.1, -0.05) is 23.7 Å².